The number of rotatable bonds is 4. The highest BCUT2D eigenvalue weighted by molar-refractivity contribution is 5.09. The summed E-state index contributed by atoms with van der Waals surface area (Å²) in [6.45, 7) is 12.3. The van der Waals surface area contributed by atoms with Crippen molar-refractivity contribution in [2.75, 3.05) is 0 Å². The van der Waals surface area contributed by atoms with Gasteiger partial charge in [0, 0.05) is 0 Å². The largest absolute Gasteiger partial charge is 0.0654 e. The third kappa shape index (κ3) is 1.56. The summed E-state index contributed by atoms with van der Waals surface area (Å²) in [7, 11) is 0. The molecule has 0 aromatic carbocycles. The zero-order valence-electron chi connectivity index (χ0n) is 12.0. The van der Waals surface area contributed by atoms with Crippen LogP contribution in [0.2, 0.25) is 0 Å². The van der Waals surface area contributed by atoms with E-state index in [2.05, 4.69) is 34.6 Å². The highest BCUT2D eigenvalue weighted by Crippen LogP contribution is 2.68. The van der Waals surface area contributed by atoms with Crippen LogP contribution in [0.1, 0.15) is 73.1 Å². The summed E-state index contributed by atoms with van der Waals surface area (Å²) in [5, 5.41) is 0. The van der Waals surface area contributed by atoms with Crippen molar-refractivity contribution in [1.29, 1.82) is 0 Å². The van der Waals surface area contributed by atoms with Crippen molar-refractivity contribution in [3.8, 4) is 0 Å². The van der Waals surface area contributed by atoms with Crippen molar-refractivity contribution >= 4 is 0 Å². The van der Waals surface area contributed by atoms with Crippen LogP contribution in [0.3, 0.4) is 0 Å². The summed E-state index contributed by atoms with van der Waals surface area (Å²) in [4.78, 5) is 0. The second kappa shape index (κ2) is 4.03. The molecule has 3 aliphatic carbocycles. The van der Waals surface area contributed by atoms with Gasteiger partial charge >= 0.3 is 0 Å². The second-order valence-corrected chi connectivity index (χ2v) is 7.22. The first-order valence-corrected chi connectivity index (χ1v) is 7.48. The summed E-state index contributed by atoms with van der Waals surface area (Å²) >= 11 is 0. The van der Waals surface area contributed by atoms with Crippen molar-refractivity contribution in [1.82, 2.24) is 0 Å². The molecule has 0 spiro atoms. The molecular formula is C16H30. The minimum atomic E-state index is 0.657. The van der Waals surface area contributed by atoms with Crippen molar-refractivity contribution in [2.45, 2.75) is 73.1 Å². The van der Waals surface area contributed by atoms with E-state index in [1.807, 2.05) is 0 Å². The molecular weight excluding hydrogens is 192 g/mol. The van der Waals surface area contributed by atoms with Gasteiger partial charge < -0.3 is 0 Å². The van der Waals surface area contributed by atoms with Crippen LogP contribution in [0.5, 0.6) is 0 Å². The fourth-order valence-corrected chi connectivity index (χ4v) is 5.13. The van der Waals surface area contributed by atoms with E-state index < -0.39 is 0 Å². The van der Waals surface area contributed by atoms with Gasteiger partial charge in [0.15, 0.2) is 0 Å². The SMILES string of the molecule is CCCC1(CCC)C[C@@H]2C[C@H]([C@H]1C)C2(C)C. The first-order chi connectivity index (χ1) is 7.48. The van der Waals surface area contributed by atoms with Crippen LogP contribution in [-0.2, 0) is 0 Å². The van der Waals surface area contributed by atoms with E-state index in [0.717, 1.165) is 17.8 Å². The molecule has 3 saturated carbocycles. The lowest BCUT2D eigenvalue weighted by molar-refractivity contribution is -0.174. The van der Waals surface area contributed by atoms with E-state index in [-0.39, 0.29) is 0 Å². The molecule has 3 aliphatic rings. The molecule has 2 bridgehead atoms. The molecule has 94 valence electrons. The maximum absolute atomic E-state index is 2.56. The Morgan fingerprint density at radius 1 is 1.06 bits per heavy atom. The minimum Gasteiger partial charge on any atom is -0.0654 e. The summed E-state index contributed by atoms with van der Waals surface area (Å²) in [6.07, 6.45) is 8.77. The fraction of sp³-hybridized carbons (Fsp3) is 1.00. The Kier molecular flexibility index (Phi) is 3.14. The van der Waals surface area contributed by atoms with Gasteiger partial charge in [-0.3, -0.25) is 0 Å². The number of fused-ring (bicyclic) bond motifs is 2. The summed E-state index contributed by atoms with van der Waals surface area (Å²) in [5.41, 5.74) is 1.37. The first-order valence-electron chi connectivity index (χ1n) is 7.48. The molecule has 3 fully saturated rings. The summed E-state index contributed by atoms with van der Waals surface area (Å²) in [5.74, 6) is 3.02. The van der Waals surface area contributed by atoms with E-state index in [0.29, 0.717) is 10.8 Å². The zero-order chi connectivity index (χ0) is 12.0. The van der Waals surface area contributed by atoms with E-state index in [9.17, 15) is 0 Å². The normalized spacial score (nSPS) is 39.2. The van der Waals surface area contributed by atoms with E-state index >= 15 is 0 Å². The quantitative estimate of drug-likeness (QED) is 0.607. The van der Waals surface area contributed by atoms with Gasteiger partial charge in [0.05, 0.1) is 0 Å². The Balaban J connectivity index is 2.17. The van der Waals surface area contributed by atoms with Gasteiger partial charge in [0.25, 0.3) is 0 Å². The molecule has 3 atom stereocenters. The molecule has 0 heterocycles. The number of hydrogen-bond acceptors (Lipinski definition) is 0. The zero-order valence-corrected chi connectivity index (χ0v) is 12.0. The molecule has 0 unspecified atom stereocenters. The van der Waals surface area contributed by atoms with Gasteiger partial charge in [-0.15, -0.1) is 0 Å². The van der Waals surface area contributed by atoms with Crippen LogP contribution in [0.25, 0.3) is 0 Å². The Morgan fingerprint density at radius 3 is 2.00 bits per heavy atom. The molecule has 0 aromatic heterocycles. The third-order valence-corrected chi connectivity index (χ3v) is 6.26. The molecule has 0 radical (unpaired) electrons. The maximum atomic E-state index is 2.56. The highest BCUT2D eigenvalue weighted by Gasteiger charge is 2.60. The van der Waals surface area contributed by atoms with Crippen LogP contribution in [-0.4, -0.2) is 0 Å². The molecule has 0 nitrogen and oxygen atoms in total. The van der Waals surface area contributed by atoms with E-state index in [4.69, 9.17) is 0 Å². The van der Waals surface area contributed by atoms with E-state index in [1.165, 1.54) is 38.5 Å². The van der Waals surface area contributed by atoms with Gasteiger partial charge in [0.1, 0.15) is 0 Å². The lowest BCUT2D eigenvalue weighted by Crippen LogP contribution is -2.59. The average Bonchev–Trinajstić information content (AvgIpc) is 2.22. The van der Waals surface area contributed by atoms with Crippen molar-refractivity contribution in [3.63, 3.8) is 0 Å². The Labute approximate surface area is 102 Å². The highest BCUT2D eigenvalue weighted by atomic mass is 14.6. The average molecular weight is 222 g/mol. The third-order valence-electron chi connectivity index (χ3n) is 6.26. The summed E-state index contributed by atoms with van der Waals surface area (Å²) < 4.78 is 0. The lowest BCUT2D eigenvalue weighted by Gasteiger charge is -2.66. The Morgan fingerprint density at radius 2 is 1.62 bits per heavy atom. The molecule has 0 aromatic rings. The predicted molar refractivity (Wildman–Crippen MR) is 71.4 cm³/mol. The Bertz CT molecular complexity index is 245. The van der Waals surface area contributed by atoms with Gasteiger partial charge in [-0.2, -0.15) is 0 Å². The van der Waals surface area contributed by atoms with Crippen molar-refractivity contribution in [2.24, 2.45) is 28.6 Å². The topological polar surface area (TPSA) is 0 Å². The molecule has 0 N–H and O–H groups in total. The molecule has 16 heavy (non-hydrogen) atoms. The number of hydrogen-bond donors (Lipinski definition) is 0. The Hall–Kier alpha value is 0. The van der Waals surface area contributed by atoms with E-state index in [1.54, 1.807) is 0 Å². The van der Waals surface area contributed by atoms with Crippen LogP contribution >= 0.6 is 0 Å². The lowest BCUT2D eigenvalue weighted by atomic mass is 9.38. The van der Waals surface area contributed by atoms with Crippen LogP contribution in [0.15, 0.2) is 0 Å². The van der Waals surface area contributed by atoms with Crippen molar-refractivity contribution < 1.29 is 0 Å². The maximum Gasteiger partial charge on any atom is -0.0266 e. The molecule has 0 amide bonds. The molecule has 0 saturated heterocycles. The van der Waals surface area contributed by atoms with Crippen LogP contribution in [0, 0.1) is 28.6 Å². The standard InChI is InChI=1S/C16H30/c1-6-8-16(9-7-2)11-13-10-14(12(16)3)15(13,4)5/h12-14H,6-11H2,1-5H3/t12-,13+,14-/m1/s1. The van der Waals surface area contributed by atoms with Gasteiger partial charge in [-0.05, 0) is 54.3 Å². The summed E-state index contributed by atoms with van der Waals surface area (Å²) in [6, 6.07) is 0. The first kappa shape index (κ1) is 12.5. The van der Waals surface area contributed by atoms with Gasteiger partial charge in [-0.25, -0.2) is 0 Å². The monoisotopic (exact) mass is 222 g/mol. The van der Waals surface area contributed by atoms with Gasteiger partial charge in [0.2, 0.25) is 0 Å². The van der Waals surface area contributed by atoms with Gasteiger partial charge in [-0.1, -0.05) is 47.5 Å². The molecule has 0 aliphatic heterocycles. The van der Waals surface area contributed by atoms with Crippen molar-refractivity contribution in [3.05, 3.63) is 0 Å². The van der Waals surface area contributed by atoms with Crippen LogP contribution in [0.4, 0.5) is 0 Å². The smallest absolute Gasteiger partial charge is 0.0266 e. The fourth-order valence-electron chi connectivity index (χ4n) is 5.13. The second-order valence-electron chi connectivity index (χ2n) is 7.22. The van der Waals surface area contributed by atoms with Crippen LogP contribution < -0.4 is 0 Å². The molecule has 0 heteroatoms. The minimum absolute atomic E-state index is 0.657. The molecule has 3 rings (SSSR count). The predicted octanol–water partition coefficient (Wildman–Crippen LogP) is 5.28.